The topological polar surface area (TPSA) is 120 Å². The molecule has 0 aliphatic carbocycles. The molecular weight excluding hydrogens is 618 g/mol. The summed E-state index contributed by atoms with van der Waals surface area (Å²) < 4.78 is 20.9. The second-order valence-corrected chi connectivity index (χ2v) is 11.6. The zero-order valence-corrected chi connectivity index (χ0v) is 26.5. The van der Waals surface area contributed by atoms with Gasteiger partial charge in [0.05, 0.1) is 34.6 Å². The highest BCUT2D eigenvalue weighted by molar-refractivity contribution is 6.39. The van der Waals surface area contributed by atoms with Gasteiger partial charge in [-0.05, 0) is 37.6 Å². The van der Waals surface area contributed by atoms with Gasteiger partial charge >= 0.3 is 0 Å². The number of hydrogen-bond acceptors (Lipinski definition) is 8. The number of halogens is 3. The molecule has 0 saturated carbocycles. The van der Waals surface area contributed by atoms with Gasteiger partial charge in [-0.15, -0.1) is 0 Å². The number of hydrogen-bond donors (Lipinski definition) is 5. The molecular formula is C33H35Cl2FN6O3. The number of aromatic nitrogens is 2. The van der Waals surface area contributed by atoms with Crippen molar-refractivity contribution in [2.24, 2.45) is 0 Å². The summed E-state index contributed by atoms with van der Waals surface area (Å²) in [4.78, 5) is 20.2. The van der Waals surface area contributed by atoms with E-state index in [4.69, 9.17) is 27.9 Å². The number of pyridine rings is 2. The quantitative estimate of drug-likeness (QED) is 0.122. The predicted molar refractivity (Wildman–Crippen MR) is 175 cm³/mol. The summed E-state index contributed by atoms with van der Waals surface area (Å²) in [6.45, 7) is 3.48. The Balaban J connectivity index is 1.36. The van der Waals surface area contributed by atoms with Crippen LogP contribution in [0.15, 0.2) is 60.9 Å². The van der Waals surface area contributed by atoms with E-state index in [1.165, 1.54) is 6.20 Å². The molecule has 0 spiro atoms. The molecule has 1 aliphatic rings. The first-order chi connectivity index (χ1) is 21.7. The Morgan fingerprint density at radius 2 is 1.82 bits per heavy atom. The number of carbonyl (C=O) groups is 1. The summed E-state index contributed by atoms with van der Waals surface area (Å²) >= 11 is 13.8. The lowest BCUT2D eigenvalue weighted by Crippen LogP contribution is -2.35. The minimum absolute atomic E-state index is 0.0292. The second kappa shape index (κ2) is 15.0. The predicted octanol–water partition coefficient (Wildman–Crippen LogP) is 5.85. The van der Waals surface area contributed by atoms with Crippen molar-refractivity contribution in [3.8, 4) is 28.1 Å². The van der Waals surface area contributed by atoms with E-state index < -0.39 is 11.9 Å². The number of methoxy groups -OCH3 is 1. The highest BCUT2D eigenvalue weighted by Gasteiger charge is 2.21. The smallest absolute Gasteiger partial charge is 0.220 e. The Morgan fingerprint density at radius 1 is 1.04 bits per heavy atom. The highest BCUT2D eigenvalue weighted by Crippen LogP contribution is 2.41. The molecule has 2 aromatic carbocycles. The maximum Gasteiger partial charge on any atom is 0.220 e. The molecule has 12 heteroatoms. The van der Waals surface area contributed by atoms with E-state index in [-0.39, 0.29) is 24.3 Å². The van der Waals surface area contributed by atoms with Gasteiger partial charge in [0.15, 0.2) is 11.6 Å². The standard InChI is InChI=1S/C33H35Cl2FN6O3/c1-19(43)15-37-17-22-10-12-40-33(31(22)36)42-26-5-3-4-24(29(26)34)25-11-13-39-32(30(25)35)20-6-7-21(27(14-20)45-2)16-38-18-23-8-9-28(44)41-23/h3-7,10-14,19,23,37-38,43H,8-9,15-18H2,1-2H3,(H,40,42)(H,41,44). The van der Waals surface area contributed by atoms with Crippen molar-refractivity contribution in [2.75, 3.05) is 25.5 Å². The summed E-state index contributed by atoms with van der Waals surface area (Å²) in [5, 5.41) is 22.6. The van der Waals surface area contributed by atoms with Crippen molar-refractivity contribution in [3.63, 3.8) is 0 Å². The Bertz CT molecular complexity index is 1670. The summed E-state index contributed by atoms with van der Waals surface area (Å²) in [5.74, 6) is 0.288. The number of amides is 1. The normalized spacial score (nSPS) is 15.2. The molecule has 0 bridgehead atoms. The number of ether oxygens (including phenoxy) is 1. The van der Waals surface area contributed by atoms with Crippen LogP contribution in [-0.4, -0.2) is 53.3 Å². The molecule has 45 heavy (non-hydrogen) atoms. The van der Waals surface area contributed by atoms with Gasteiger partial charge in [0, 0.05) is 78.9 Å². The molecule has 4 aromatic rings. The Kier molecular flexibility index (Phi) is 10.9. The lowest BCUT2D eigenvalue weighted by Gasteiger charge is -2.16. The van der Waals surface area contributed by atoms with Crippen molar-refractivity contribution < 1.29 is 19.0 Å². The summed E-state index contributed by atoms with van der Waals surface area (Å²) in [6.07, 6.45) is 4.03. The molecule has 2 unspecified atom stereocenters. The third-order valence-electron chi connectivity index (χ3n) is 7.51. The number of aliphatic hydroxyl groups is 1. The first-order valence-electron chi connectivity index (χ1n) is 14.6. The second-order valence-electron chi connectivity index (χ2n) is 10.9. The molecule has 1 saturated heterocycles. The fourth-order valence-electron chi connectivity index (χ4n) is 5.19. The molecule has 5 N–H and O–H groups in total. The van der Waals surface area contributed by atoms with E-state index in [0.29, 0.717) is 69.9 Å². The van der Waals surface area contributed by atoms with Gasteiger partial charge in [-0.3, -0.25) is 9.78 Å². The minimum atomic E-state index is -0.544. The first-order valence-corrected chi connectivity index (χ1v) is 15.4. The molecule has 2 atom stereocenters. The van der Waals surface area contributed by atoms with Gasteiger partial charge in [-0.1, -0.05) is 47.5 Å². The zero-order chi connectivity index (χ0) is 31.9. The highest BCUT2D eigenvalue weighted by atomic mass is 35.5. The fraction of sp³-hybridized carbons (Fsp3) is 0.303. The third-order valence-corrected chi connectivity index (χ3v) is 8.30. The van der Waals surface area contributed by atoms with Gasteiger partial charge in [0.1, 0.15) is 5.75 Å². The molecule has 2 aromatic heterocycles. The molecule has 1 aliphatic heterocycles. The number of carbonyl (C=O) groups excluding carboxylic acids is 1. The van der Waals surface area contributed by atoms with Crippen LogP contribution in [0.4, 0.5) is 15.9 Å². The van der Waals surface area contributed by atoms with Crippen LogP contribution in [0.2, 0.25) is 10.0 Å². The largest absolute Gasteiger partial charge is 0.496 e. The number of nitrogens with one attached hydrogen (secondary N) is 4. The van der Waals surface area contributed by atoms with Crippen LogP contribution in [-0.2, 0) is 17.9 Å². The minimum Gasteiger partial charge on any atom is -0.496 e. The van der Waals surface area contributed by atoms with Crippen LogP contribution < -0.4 is 26.0 Å². The molecule has 236 valence electrons. The van der Waals surface area contributed by atoms with Gasteiger partial charge < -0.3 is 31.1 Å². The number of anilines is 2. The van der Waals surface area contributed by atoms with E-state index >= 15 is 4.39 Å². The monoisotopic (exact) mass is 652 g/mol. The third kappa shape index (κ3) is 7.89. The van der Waals surface area contributed by atoms with E-state index in [1.807, 2.05) is 24.3 Å². The maximum atomic E-state index is 15.3. The molecule has 5 rings (SSSR count). The van der Waals surface area contributed by atoms with Crippen LogP contribution in [0.3, 0.4) is 0 Å². The van der Waals surface area contributed by atoms with Crippen LogP contribution in [0.25, 0.3) is 22.4 Å². The number of rotatable bonds is 13. The zero-order valence-electron chi connectivity index (χ0n) is 25.0. The average molecular weight is 654 g/mol. The Labute approximate surface area is 271 Å². The van der Waals surface area contributed by atoms with Crippen molar-refractivity contribution in [2.45, 2.75) is 45.0 Å². The first kappa shape index (κ1) is 32.6. The lowest BCUT2D eigenvalue weighted by molar-refractivity contribution is -0.119. The molecule has 1 amide bonds. The van der Waals surface area contributed by atoms with Gasteiger partial charge in [-0.25, -0.2) is 9.37 Å². The molecule has 9 nitrogen and oxygen atoms in total. The summed E-state index contributed by atoms with van der Waals surface area (Å²) in [5.41, 5.74) is 4.44. The van der Waals surface area contributed by atoms with Crippen LogP contribution in [0, 0.1) is 5.82 Å². The van der Waals surface area contributed by atoms with E-state index in [0.717, 1.165) is 17.5 Å². The van der Waals surface area contributed by atoms with Gasteiger partial charge in [-0.2, -0.15) is 0 Å². The van der Waals surface area contributed by atoms with Crippen molar-refractivity contribution in [3.05, 3.63) is 87.9 Å². The fourth-order valence-corrected chi connectivity index (χ4v) is 5.79. The summed E-state index contributed by atoms with van der Waals surface area (Å²) in [6, 6.07) is 14.7. The number of benzene rings is 2. The van der Waals surface area contributed by atoms with E-state index in [1.54, 1.807) is 44.5 Å². The van der Waals surface area contributed by atoms with Crippen LogP contribution >= 0.6 is 23.2 Å². The molecule has 0 radical (unpaired) electrons. The van der Waals surface area contributed by atoms with Crippen molar-refractivity contribution in [1.82, 2.24) is 25.9 Å². The number of aliphatic hydroxyl groups excluding tert-OH is 1. The average Bonchev–Trinajstić information content (AvgIpc) is 3.45. The molecule has 1 fully saturated rings. The van der Waals surface area contributed by atoms with E-state index in [2.05, 4.69) is 31.2 Å². The van der Waals surface area contributed by atoms with Gasteiger partial charge in [0.2, 0.25) is 5.91 Å². The maximum absolute atomic E-state index is 15.3. The van der Waals surface area contributed by atoms with Gasteiger partial charge in [0.25, 0.3) is 0 Å². The van der Waals surface area contributed by atoms with Crippen LogP contribution in [0.1, 0.15) is 30.9 Å². The summed E-state index contributed by atoms with van der Waals surface area (Å²) in [7, 11) is 1.61. The SMILES string of the molecule is COc1cc(-c2nccc(-c3cccc(Nc4nccc(CNCC(C)O)c4F)c3Cl)c2Cl)ccc1CNCC1CCC(=O)N1. The Morgan fingerprint density at radius 3 is 2.58 bits per heavy atom. The molecule has 3 heterocycles. The number of nitrogens with zero attached hydrogens (tertiary/aromatic N) is 2. The lowest BCUT2D eigenvalue weighted by atomic mass is 10.0. The Hall–Kier alpha value is -3.80. The van der Waals surface area contributed by atoms with Crippen LogP contribution in [0.5, 0.6) is 5.75 Å². The van der Waals surface area contributed by atoms with Crippen molar-refractivity contribution in [1.29, 1.82) is 0 Å². The van der Waals surface area contributed by atoms with Crippen molar-refractivity contribution >= 4 is 40.6 Å². The van der Waals surface area contributed by atoms with E-state index in [9.17, 15) is 9.90 Å².